The number of hydrogen-bond donors (Lipinski definition) is 4. The van der Waals surface area contributed by atoms with Crippen molar-refractivity contribution < 1.29 is 48.4 Å². The Hall–Kier alpha value is -5.01. The number of carboxylic acid groups (broad SMARTS) is 2. The maximum absolute atomic E-state index is 12.1. The topological polar surface area (TPSA) is 192 Å². The van der Waals surface area contributed by atoms with Crippen LogP contribution in [0.5, 0.6) is 0 Å². The summed E-state index contributed by atoms with van der Waals surface area (Å²) in [4.78, 5) is 56.6. The fourth-order valence-corrected chi connectivity index (χ4v) is 7.30. The second kappa shape index (κ2) is 30.1. The number of carboxylic acids is 2. The fourth-order valence-electron chi connectivity index (χ4n) is 7.30. The number of rotatable bonds is 21. The first kappa shape index (κ1) is 51.3. The Bertz CT molecular complexity index is 1790. The van der Waals surface area contributed by atoms with E-state index in [0.717, 1.165) is 86.5 Å². The Kier molecular flexibility index (Phi) is 24.9. The molecule has 338 valence electrons. The molecule has 0 heterocycles. The largest absolute Gasteiger partial charge is 0.481 e. The standard InChI is InChI=1S/C21H24N2O4.C18H28O4.C11H16O2/c22-12-6-5-11-19(20(24)25)23-21(26)27-13-18-16-9-3-1-7-14(16)15-8-2-4-10-17(15)18;1-15(18(20)21)10-6-5-7-11-16(19)14-22-17-12-8-3-2-4-9-13-17;1-10(12)9-13-11-7-5-3-2-4-6-8-11/h1-4,7-10,18-19H,5-6,11-13,22H2,(H,23,26)(H,24,25);15,17H,2-8,10-12,14H2,1H3,(H,20,21);11H,2-5,7,9H2,1H3/t19-;15-,17?;/m11./s1. The highest BCUT2D eigenvalue weighted by molar-refractivity contribution is 5.81. The van der Waals surface area contributed by atoms with Gasteiger partial charge in [0.05, 0.1) is 5.92 Å². The van der Waals surface area contributed by atoms with Crippen LogP contribution in [-0.2, 0) is 33.4 Å². The van der Waals surface area contributed by atoms with Gasteiger partial charge in [-0.15, -0.1) is 11.8 Å². The molecule has 12 heteroatoms. The number of ether oxygens (including phenoxy) is 3. The van der Waals surface area contributed by atoms with Crippen LogP contribution in [0.1, 0.15) is 146 Å². The zero-order valence-corrected chi connectivity index (χ0v) is 36.8. The Morgan fingerprint density at radius 3 is 1.84 bits per heavy atom. The monoisotopic (exact) mass is 856 g/mol. The molecule has 4 atom stereocenters. The summed E-state index contributed by atoms with van der Waals surface area (Å²) in [6.45, 7) is 4.28. The molecule has 62 heavy (non-hydrogen) atoms. The van der Waals surface area contributed by atoms with E-state index >= 15 is 0 Å². The van der Waals surface area contributed by atoms with E-state index < -0.39 is 24.1 Å². The lowest BCUT2D eigenvalue weighted by Crippen LogP contribution is -2.41. The number of benzene rings is 2. The van der Waals surface area contributed by atoms with Crippen molar-refractivity contribution in [1.29, 1.82) is 0 Å². The number of nitrogens with two attached hydrogens (primary N) is 1. The first-order valence-corrected chi connectivity index (χ1v) is 22.5. The predicted octanol–water partition coefficient (Wildman–Crippen LogP) is 8.61. The number of carbonyl (C=O) groups is 5. The van der Waals surface area contributed by atoms with Gasteiger partial charge in [0.2, 0.25) is 0 Å². The van der Waals surface area contributed by atoms with Gasteiger partial charge in [0.25, 0.3) is 0 Å². The number of fused-ring (bicyclic) bond motifs is 3. The van der Waals surface area contributed by atoms with Gasteiger partial charge in [-0.05, 0) is 106 Å². The minimum Gasteiger partial charge on any atom is -0.481 e. The van der Waals surface area contributed by atoms with E-state index in [2.05, 4.69) is 41.1 Å². The van der Waals surface area contributed by atoms with E-state index in [1.807, 2.05) is 36.4 Å². The number of carbonyl (C=O) groups excluding carboxylic acids is 3. The van der Waals surface area contributed by atoms with E-state index in [0.29, 0.717) is 32.2 Å². The third kappa shape index (κ3) is 20.2. The van der Waals surface area contributed by atoms with E-state index in [9.17, 15) is 29.1 Å². The highest BCUT2D eigenvalue weighted by atomic mass is 16.5. The highest BCUT2D eigenvalue weighted by Gasteiger charge is 2.29. The summed E-state index contributed by atoms with van der Waals surface area (Å²) in [5.41, 5.74) is 9.95. The number of ketones is 2. The molecule has 5 rings (SSSR count). The van der Waals surface area contributed by atoms with Gasteiger partial charge in [-0.1, -0.05) is 93.0 Å². The van der Waals surface area contributed by atoms with Crippen LogP contribution in [-0.4, -0.2) is 84.4 Å². The molecule has 0 saturated carbocycles. The van der Waals surface area contributed by atoms with Crippen molar-refractivity contribution >= 4 is 29.6 Å². The Balaban J connectivity index is 0.000000263. The zero-order chi connectivity index (χ0) is 45.0. The molecule has 0 aromatic heterocycles. The number of unbranched alkanes of at least 4 members (excludes halogenated alkanes) is 3. The first-order chi connectivity index (χ1) is 30.0. The average molecular weight is 857 g/mol. The molecule has 1 amide bonds. The maximum atomic E-state index is 12.1. The van der Waals surface area contributed by atoms with Crippen molar-refractivity contribution in [3.05, 3.63) is 59.7 Å². The molecular weight excluding hydrogens is 789 g/mol. The number of hydrogen-bond acceptors (Lipinski definition) is 9. The van der Waals surface area contributed by atoms with Gasteiger partial charge in [0.1, 0.15) is 38.1 Å². The van der Waals surface area contributed by atoms with Crippen LogP contribution in [0.3, 0.4) is 0 Å². The molecule has 2 aromatic carbocycles. The van der Waals surface area contributed by atoms with Gasteiger partial charge in [-0.25, -0.2) is 9.59 Å². The van der Waals surface area contributed by atoms with E-state index in [-0.39, 0.29) is 55.4 Å². The third-order valence-corrected chi connectivity index (χ3v) is 10.9. The van der Waals surface area contributed by atoms with Crippen molar-refractivity contribution in [2.45, 2.75) is 154 Å². The van der Waals surface area contributed by atoms with Gasteiger partial charge >= 0.3 is 18.0 Å². The van der Waals surface area contributed by atoms with Crippen LogP contribution < -0.4 is 11.1 Å². The molecule has 2 unspecified atom stereocenters. The van der Waals surface area contributed by atoms with Gasteiger partial charge < -0.3 is 35.5 Å². The molecule has 0 saturated heterocycles. The van der Waals surface area contributed by atoms with Crippen molar-refractivity contribution in [2.75, 3.05) is 26.4 Å². The van der Waals surface area contributed by atoms with E-state index in [4.69, 9.17) is 25.1 Å². The molecule has 2 aromatic rings. The van der Waals surface area contributed by atoms with Gasteiger partial charge in [0, 0.05) is 25.2 Å². The van der Waals surface area contributed by atoms with Crippen LogP contribution in [0, 0.1) is 29.6 Å². The molecular formula is C50H68N2O10. The summed E-state index contributed by atoms with van der Waals surface area (Å²) < 4.78 is 16.4. The first-order valence-electron chi connectivity index (χ1n) is 22.5. The van der Waals surface area contributed by atoms with Crippen LogP contribution in [0.25, 0.3) is 11.1 Å². The Labute approximate surface area is 368 Å². The van der Waals surface area contributed by atoms with Crippen LogP contribution in [0.2, 0.25) is 0 Å². The minimum absolute atomic E-state index is 0.0100. The molecule has 3 aliphatic carbocycles. The van der Waals surface area contributed by atoms with Crippen LogP contribution in [0.4, 0.5) is 4.79 Å². The van der Waals surface area contributed by atoms with Crippen LogP contribution >= 0.6 is 0 Å². The Morgan fingerprint density at radius 1 is 0.726 bits per heavy atom. The number of nitrogens with one attached hydrogen (secondary N) is 1. The predicted molar refractivity (Wildman–Crippen MR) is 239 cm³/mol. The van der Waals surface area contributed by atoms with Gasteiger partial charge in [0.15, 0.2) is 11.6 Å². The number of Topliss-reactive ketones (excluding diaryl/α,β-unsaturated/α-hetero) is 2. The zero-order valence-electron chi connectivity index (χ0n) is 36.8. The van der Waals surface area contributed by atoms with E-state index in [1.54, 1.807) is 6.92 Å². The summed E-state index contributed by atoms with van der Waals surface area (Å²) in [6, 6.07) is 15.1. The van der Waals surface area contributed by atoms with Crippen molar-refractivity contribution in [2.24, 2.45) is 11.7 Å². The van der Waals surface area contributed by atoms with E-state index in [1.165, 1.54) is 32.6 Å². The SMILES string of the molecule is CC(=O)COC1C#CCCCCC1.C[C@H](CCCCCC(=O)COC1C#CCCCCC1)C(=O)O.NCCCC[C@@H](NC(=O)OCC1c2ccccc2-c2ccccc21)C(=O)O. The number of alkyl carbamates (subject to hydrolysis) is 1. The summed E-state index contributed by atoms with van der Waals surface area (Å²) in [6.07, 6.45) is 15.5. The molecule has 0 bridgehead atoms. The molecule has 3 aliphatic rings. The number of amides is 1. The molecule has 12 nitrogen and oxygen atoms in total. The number of aliphatic carboxylic acids is 2. The second-order valence-electron chi connectivity index (χ2n) is 16.2. The summed E-state index contributed by atoms with van der Waals surface area (Å²) in [7, 11) is 0. The van der Waals surface area contributed by atoms with Crippen molar-refractivity contribution in [3.8, 4) is 34.8 Å². The summed E-state index contributed by atoms with van der Waals surface area (Å²) in [5, 5.41) is 20.5. The third-order valence-electron chi connectivity index (χ3n) is 10.9. The maximum Gasteiger partial charge on any atom is 0.407 e. The van der Waals surface area contributed by atoms with Crippen molar-refractivity contribution in [3.63, 3.8) is 0 Å². The fraction of sp³-hybridized carbons (Fsp3) is 0.580. The van der Waals surface area contributed by atoms with Gasteiger partial charge in [-0.2, -0.15) is 0 Å². The molecule has 5 N–H and O–H groups in total. The molecule has 0 fully saturated rings. The quantitative estimate of drug-likeness (QED) is 0.0694. The lowest BCUT2D eigenvalue weighted by Gasteiger charge is -2.17. The second-order valence-corrected chi connectivity index (χ2v) is 16.2. The summed E-state index contributed by atoms with van der Waals surface area (Å²) >= 11 is 0. The lowest BCUT2D eigenvalue weighted by atomic mass is 9.98. The molecule has 0 aliphatic heterocycles. The van der Waals surface area contributed by atoms with Gasteiger partial charge in [-0.3, -0.25) is 14.4 Å². The minimum atomic E-state index is -1.07. The highest BCUT2D eigenvalue weighted by Crippen LogP contribution is 2.44. The smallest absolute Gasteiger partial charge is 0.407 e. The normalized spacial score (nSPS) is 17.5. The molecule has 0 spiro atoms. The van der Waals surface area contributed by atoms with Crippen molar-refractivity contribution in [1.82, 2.24) is 5.32 Å². The average Bonchev–Trinajstić information content (AvgIpc) is 3.55. The summed E-state index contributed by atoms with van der Waals surface area (Å²) in [5.74, 6) is 10.4. The Morgan fingerprint density at radius 2 is 1.29 bits per heavy atom. The molecule has 0 radical (unpaired) electrons. The van der Waals surface area contributed by atoms with Crippen LogP contribution in [0.15, 0.2) is 48.5 Å². The lowest BCUT2D eigenvalue weighted by molar-refractivity contribution is -0.141.